The summed E-state index contributed by atoms with van der Waals surface area (Å²) in [5, 5.41) is 0. The smallest absolute Gasteiger partial charge is 0.339 e. The number of carbonyl (C=O) groups is 2. The molecule has 4 rings (SSSR count). The van der Waals surface area contributed by atoms with E-state index in [0.717, 1.165) is 27.8 Å². The van der Waals surface area contributed by atoms with Crippen molar-refractivity contribution in [2.24, 2.45) is 0 Å². The molecule has 3 heterocycles. The summed E-state index contributed by atoms with van der Waals surface area (Å²) in [7, 11) is 0. The molecule has 0 aliphatic carbocycles. The van der Waals surface area contributed by atoms with Gasteiger partial charge < -0.3 is 13.9 Å². The Morgan fingerprint density at radius 3 is 2.76 bits per heavy atom. The summed E-state index contributed by atoms with van der Waals surface area (Å²) < 4.78 is 15.9. The van der Waals surface area contributed by atoms with E-state index in [4.69, 9.17) is 13.9 Å². The number of cyclic esters (lactones) is 2. The van der Waals surface area contributed by atoms with Gasteiger partial charge in [-0.05, 0) is 37.1 Å². The van der Waals surface area contributed by atoms with Gasteiger partial charge in [-0.3, -0.25) is 0 Å². The summed E-state index contributed by atoms with van der Waals surface area (Å²) in [6.07, 6.45) is 4.36. The molecule has 0 amide bonds. The Labute approximate surface area is 144 Å². The normalized spacial score (nSPS) is 22.8. The molecule has 2 aliphatic heterocycles. The number of furan rings is 1. The van der Waals surface area contributed by atoms with Gasteiger partial charge in [-0.2, -0.15) is 0 Å². The molecule has 5 nitrogen and oxygen atoms in total. The molecule has 2 aliphatic rings. The molecule has 5 heteroatoms. The van der Waals surface area contributed by atoms with Gasteiger partial charge in [-0.1, -0.05) is 18.2 Å². The number of allylic oxidation sites excluding steroid dienone is 2. The fourth-order valence-electron chi connectivity index (χ4n) is 3.46. The summed E-state index contributed by atoms with van der Waals surface area (Å²) in [5.74, 6) is -0.672. The lowest BCUT2D eigenvalue weighted by Gasteiger charge is -2.14. The lowest BCUT2D eigenvalue weighted by atomic mass is 9.88. The van der Waals surface area contributed by atoms with Crippen molar-refractivity contribution in [1.29, 1.82) is 0 Å². The second kappa shape index (κ2) is 5.77. The Kier molecular flexibility index (Phi) is 3.57. The number of hydrogen-bond donors (Lipinski definition) is 0. The van der Waals surface area contributed by atoms with E-state index in [1.807, 2.05) is 26.0 Å². The monoisotopic (exact) mass is 336 g/mol. The van der Waals surface area contributed by atoms with Crippen molar-refractivity contribution in [3.05, 3.63) is 76.3 Å². The van der Waals surface area contributed by atoms with Crippen LogP contribution in [0.2, 0.25) is 0 Å². The van der Waals surface area contributed by atoms with Gasteiger partial charge in [0.2, 0.25) is 0 Å². The van der Waals surface area contributed by atoms with Gasteiger partial charge in [-0.25, -0.2) is 9.59 Å². The van der Waals surface area contributed by atoms with E-state index in [9.17, 15) is 9.59 Å². The first kappa shape index (κ1) is 15.4. The van der Waals surface area contributed by atoms with Crippen molar-refractivity contribution in [3.63, 3.8) is 0 Å². The number of carbonyl (C=O) groups excluding carboxylic acids is 2. The van der Waals surface area contributed by atoms with Crippen LogP contribution >= 0.6 is 0 Å². The predicted molar refractivity (Wildman–Crippen MR) is 89.5 cm³/mol. The maximum Gasteiger partial charge on any atom is 0.339 e. The van der Waals surface area contributed by atoms with Gasteiger partial charge in [0.15, 0.2) is 6.10 Å². The van der Waals surface area contributed by atoms with Gasteiger partial charge in [0, 0.05) is 16.7 Å². The minimum atomic E-state index is -0.522. The maximum atomic E-state index is 12.3. The maximum absolute atomic E-state index is 12.3. The molecular weight excluding hydrogens is 320 g/mol. The predicted octanol–water partition coefficient (Wildman–Crippen LogP) is 3.97. The van der Waals surface area contributed by atoms with Crippen molar-refractivity contribution in [2.45, 2.75) is 26.6 Å². The van der Waals surface area contributed by atoms with Crippen LogP contribution in [0.15, 0.2) is 58.4 Å². The largest absolute Gasteiger partial charge is 0.472 e. The Balaban J connectivity index is 1.93. The first-order valence-corrected chi connectivity index (χ1v) is 8.01. The zero-order chi connectivity index (χ0) is 17.6. The van der Waals surface area contributed by atoms with Crippen LogP contribution in [0.25, 0.3) is 5.57 Å². The van der Waals surface area contributed by atoms with E-state index in [-0.39, 0.29) is 18.5 Å². The zero-order valence-corrected chi connectivity index (χ0v) is 13.9. The summed E-state index contributed by atoms with van der Waals surface area (Å²) in [6, 6.07) is 7.30. The number of esters is 2. The molecular formula is C20H16O5. The van der Waals surface area contributed by atoms with Crippen molar-refractivity contribution in [3.8, 4) is 0 Å². The third-order valence-electron chi connectivity index (χ3n) is 4.68. The van der Waals surface area contributed by atoms with E-state index in [1.54, 1.807) is 30.7 Å². The molecule has 25 heavy (non-hydrogen) atoms. The summed E-state index contributed by atoms with van der Waals surface area (Å²) >= 11 is 0. The third-order valence-corrected chi connectivity index (χ3v) is 4.68. The molecule has 126 valence electrons. The minimum absolute atomic E-state index is 0.241. The summed E-state index contributed by atoms with van der Waals surface area (Å²) in [4.78, 5) is 24.2. The van der Waals surface area contributed by atoms with E-state index in [0.29, 0.717) is 11.1 Å². The highest BCUT2D eigenvalue weighted by Crippen LogP contribution is 2.44. The highest BCUT2D eigenvalue weighted by atomic mass is 16.6. The quantitative estimate of drug-likeness (QED) is 0.613. The lowest BCUT2D eigenvalue weighted by Crippen LogP contribution is -2.01. The number of benzene rings is 1. The molecule has 0 saturated carbocycles. The van der Waals surface area contributed by atoms with Crippen LogP contribution in [0.5, 0.6) is 0 Å². The summed E-state index contributed by atoms with van der Waals surface area (Å²) in [5.41, 5.74) is 5.31. The molecule has 1 aromatic heterocycles. The standard InChI is InChI=1S/C20H16O5/c1-3-13-17(18(25-20(13)22)12-7-8-23-9-12)11(2)14-5-4-6-15-16(14)10-24-19(15)21/h3-9,18H,10H2,1-2H3/t18-/m0/s1. The van der Waals surface area contributed by atoms with Crippen molar-refractivity contribution in [2.75, 3.05) is 0 Å². The molecule has 2 aromatic rings. The molecule has 0 bridgehead atoms. The Bertz CT molecular complexity index is 931. The fraction of sp³-hybridized carbons (Fsp3) is 0.200. The van der Waals surface area contributed by atoms with Crippen LogP contribution in [0.4, 0.5) is 0 Å². The molecule has 1 aromatic carbocycles. The van der Waals surface area contributed by atoms with Crippen LogP contribution in [0.3, 0.4) is 0 Å². The number of ether oxygens (including phenoxy) is 2. The molecule has 1 saturated heterocycles. The van der Waals surface area contributed by atoms with Crippen LogP contribution in [0, 0.1) is 0 Å². The van der Waals surface area contributed by atoms with E-state index < -0.39 is 6.10 Å². The van der Waals surface area contributed by atoms with Gasteiger partial charge in [0.1, 0.15) is 6.61 Å². The highest BCUT2D eigenvalue weighted by molar-refractivity contribution is 6.02. The molecule has 0 N–H and O–H groups in total. The van der Waals surface area contributed by atoms with Crippen molar-refractivity contribution < 1.29 is 23.5 Å². The molecule has 1 fully saturated rings. The van der Waals surface area contributed by atoms with Crippen molar-refractivity contribution in [1.82, 2.24) is 0 Å². The Morgan fingerprint density at radius 1 is 1.20 bits per heavy atom. The third kappa shape index (κ3) is 2.31. The van der Waals surface area contributed by atoms with Gasteiger partial charge in [0.05, 0.1) is 23.7 Å². The zero-order valence-electron chi connectivity index (χ0n) is 13.9. The van der Waals surface area contributed by atoms with Crippen LogP contribution in [-0.2, 0) is 20.9 Å². The number of rotatable bonds is 2. The van der Waals surface area contributed by atoms with Crippen LogP contribution in [0.1, 0.15) is 47.0 Å². The van der Waals surface area contributed by atoms with E-state index in [1.165, 1.54) is 0 Å². The molecule has 0 unspecified atom stereocenters. The highest BCUT2D eigenvalue weighted by Gasteiger charge is 2.38. The Morgan fingerprint density at radius 2 is 2.04 bits per heavy atom. The molecule has 0 spiro atoms. The first-order valence-electron chi connectivity index (χ1n) is 8.01. The van der Waals surface area contributed by atoms with Crippen molar-refractivity contribution >= 4 is 17.5 Å². The van der Waals surface area contributed by atoms with Crippen LogP contribution in [-0.4, -0.2) is 11.9 Å². The minimum Gasteiger partial charge on any atom is -0.472 e. The van der Waals surface area contributed by atoms with Gasteiger partial charge in [0.25, 0.3) is 0 Å². The van der Waals surface area contributed by atoms with E-state index >= 15 is 0 Å². The fourth-order valence-corrected chi connectivity index (χ4v) is 3.46. The van der Waals surface area contributed by atoms with Crippen LogP contribution < -0.4 is 0 Å². The van der Waals surface area contributed by atoms with E-state index in [2.05, 4.69) is 0 Å². The average molecular weight is 336 g/mol. The first-order chi connectivity index (χ1) is 12.1. The molecule has 1 atom stereocenters. The number of hydrogen-bond acceptors (Lipinski definition) is 5. The molecule has 0 radical (unpaired) electrons. The lowest BCUT2D eigenvalue weighted by molar-refractivity contribution is -0.138. The second-order valence-corrected chi connectivity index (χ2v) is 5.99. The summed E-state index contributed by atoms with van der Waals surface area (Å²) in [6.45, 7) is 3.99. The second-order valence-electron chi connectivity index (χ2n) is 5.99. The SMILES string of the molecule is CC=C1C(=O)O[C@@H](c2ccoc2)C1=C(C)c1cccc2c1COC2=O. The topological polar surface area (TPSA) is 65.7 Å². The Hall–Kier alpha value is -3.08. The van der Waals surface area contributed by atoms with Gasteiger partial charge in [-0.15, -0.1) is 0 Å². The average Bonchev–Trinajstić information content (AvgIpc) is 3.33. The van der Waals surface area contributed by atoms with Gasteiger partial charge >= 0.3 is 11.9 Å². The number of fused-ring (bicyclic) bond motifs is 1.